The Morgan fingerprint density at radius 1 is 1.10 bits per heavy atom. The Balaban J connectivity index is 2.03. The predicted octanol–water partition coefficient (Wildman–Crippen LogP) is 5.06. The van der Waals surface area contributed by atoms with E-state index in [0.29, 0.717) is 11.5 Å². The third kappa shape index (κ3) is 4.14. The fourth-order valence-corrected chi connectivity index (χ4v) is 2.72. The van der Waals surface area contributed by atoms with Crippen molar-refractivity contribution >= 4 is 17.5 Å². The lowest BCUT2D eigenvalue weighted by Crippen LogP contribution is -2.03. The number of hydrogen-bond donors (Lipinski definition) is 0. The van der Waals surface area contributed by atoms with Crippen molar-refractivity contribution in [3.8, 4) is 0 Å². The monoisotopic (exact) mass is 306 g/mol. The summed E-state index contributed by atoms with van der Waals surface area (Å²) in [6.07, 6.45) is 0. The highest BCUT2D eigenvalue weighted by atomic mass is 32.2. The van der Waals surface area contributed by atoms with Gasteiger partial charge in [0.2, 0.25) is 0 Å². The molecule has 2 rings (SSSR count). The summed E-state index contributed by atoms with van der Waals surface area (Å²) in [5.74, 6) is -0.623. The number of Topliss-reactive ketones (excluding diaryl/α,β-unsaturated/α-hetero) is 1. The molecule has 0 aromatic heterocycles. The van der Waals surface area contributed by atoms with E-state index in [1.807, 2.05) is 12.1 Å². The first-order valence-corrected chi connectivity index (χ1v) is 7.67. The van der Waals surface area contributed by atoms with Gasteiger partial charge in [-0.15, -0.1) is 11.8 Å². The Bertz CT molecular complexity index is 636. The van der Waals surface area contributed by atoms with Gasteiger partial charge in [0.1, 0.15) is 11.6 Å². The topological polar surface area (TPSA) is 17.1 Å². The number of rotatable bonds is 5. The van der Waals surface area contributed by atoms with E-state index in [-0.39, 0.29) is 16.4 Å². The number of thioether (sulfide) groups is 1. The minimum Gasteiger partial charge on any atom is -0.293 e. The number of carbonyl (C=O) groups is 1. The molecule has 2 aromatic rings. The summed E-state index contributed by atoms with van der Waals surface area (Å²) >= 11 is 1.01. The standard InChI is InChI=1S/C17H16F2OS/c1-11(2)12-3-5-13(6-4-12)16(20)10-21-17-9-14(18)7-8-15(17)19/h3-9,11H,10H2,1-2H3. The fourth-order valence-electron chi connectivity index (χ4n) is 1.87. The van der Waals surface area contributed by atoms with Crippen molar-refractivity contribution in [2.45, 2.75) is 24.7 Å². The van der Waals surface area contributed by atoms with E-state index in [4.69, 9.17) is 0 Å². The summed E-state index contributed by atoms with van der Waals surface area (Å²) in [7, 11) is 0. The summed E-state index contributed by atoms with van der Waals surface area (Å²) < 4.78 is 26.5. The van der Waals surface area contributed by atoms with Crippen LogP contribution in [0.2, 0.25) is 0 Å². The number of benzene rings is 2. The first-order valence-electron chi connectivity index (χ1n) is 6.68. The zero-order chi connectivity index (χ0) is 15.4. The van der Waals surface area contributed by atoms with Crippen molar-refractivity contribution in [2.24, 2.45) is 0 Å². The maximum absolute atomic E-state index is 13.5. The lowest BCUT2D eigenvalue weighted by atomic mass is 10.0. The van der Waals surface area contributed by atoms with Gasteiger partial charge in [-0.25, -0.2) is 8.78 Å². The van der Waals surface area contributed by atoms with E-state index >= 15 is 0 Å². The molecule has 0 aliphatic carbocycles. The van der Waals surface area contributed by atoms with Gasteiger partial charge in [-0.05, 0) is 29.7 Å². The Labute approximate surface area is 127 Å². The molecule has 0 heterocycles. The molecular weight excluding hydrogens is 290 g/mol. The van der Waals surface area contributed by atoms with E-state index < -0.39 is 11.6 Å². The molecule has 0 bridgehead atoms. The zero-order valence-corrected chi connectivity index (χ0v) is 12.7. The molecule has 0 N–H and O–H groups in total. The van der Waals surface area contributed by atoms with Crippen LogP contribution in [-0.4, -0.2) is 11.5 Å². The molecule has 110 valence electrons. The van der Waals surface area contributed by atoms with Gasteiger partial charge in [-0.1, -0.05) is 38.1 Å². The molecule has 0 radical (unpaired) electrons. The summed E-state index contributed by atoms with van der Waals surface area (Å²) in [5, 5.41) is 0. The van der Waals surface area contributed by atoms with Gasteiger partial charge in [-0.3, -0.25) is 4.79 Å². The average Bonchev–Trinajstić information content (AvgIpc) is 2.48. The van der Waals surface area contributed by atoms with Crippen molar-refractivity contribution in [1.82, 2.24) is 0 Å². The van der Waals surface area contributed by atoms with Gasteiger partial charge in [0, 0.05) is 10.5 Å². The van der Waals surface area contributed by atoms with Crippen LogP contribution in [0.15, 0.2) is 47.4 Å². The first-order chi connectivity index (χ1) is 9.97. The molecule has 1 nitrogen and oxygen atoms in total. The number of hydrogen-bond acceptors (Lipinski definition) is 2. The second kappa shape index (κ2) is 6.85. The van der Waals surface area contributed by atoms with Gasteiger partial charge < -0.3 is 0 Å². The van der Waals surface area contributed by atoms with E-state index in [1.54, 1.807) is 12.1 Å². The molecule has 2 aromatic carbocycles. The maximum Gasteiger partial charge on any atom is 0.173 e. The SMILES string of the molecule is CC(C)c1ccc(C(=O)CSc2cc(F)ccc2F)cc1. The first kappa shape index (κ1) is 15.7. The minimum atomic E-state index is -0.510. The Morgan fingerprint density at radius 3 is 2.38 bits per heavy atom. The number of ketones is 1. The highest BCUT2D eigenvalue weighted by molar-refractivity contribution is 8.00. The summed E-state index contributed by atoms with van der Waals surface area (Å²) in [5.41, 5.74) is 1.75. The maximum atomic E-state index is 13.5. The summed E-state index contributed by atoms with van der Waals surface area (Å²) in [4.78, 5) is 12.2. The van der Waals surface area contributed by atoms with E-state index in [9.17, 15) is 13.6 Å². The van der Waals surface area contributed by atoms with Crippen LogP contribution in [0.1, 0.15) is 35.7 Å². The average molecular weight is 306 g/mol. The number of carbonyl (C=O) groups excluding carboxylic acids is 1. The Kier molecular flexibility index (Phi) is 5.12. The molecule has 21 heavy (non-hydrogen) atoms. The van der Waals surface area contributed by atoms with Crippen LogP contribution in [0.5, 0.6) is 0 Å². The lowest BCUT2D eigenvalue weighted by Gasteiger charge is -2.07. The summed E-state index contributed by atoms with van der Waals surface area (Å²) in [6, 6.07) is 10.6. The van der Waals surface area contributed by atoms with Crippen molar-refractivity contribution < 1.29 is 13.6 Å². The normalized spacial score (nSPS) is 10.9. The van der Waals surface area contributed by atoms with Crippen molar-refractivity contribution in [3.05, 3.63) is 65.2 Å². The molecule has 0 fully saturated rings. The molecule has 0 unspecified atom stereocenters. The van der Waals surface area contributed by atoms with Gasteiger partial charge >= 0.3 is 0 Å². The van der Waals surface area contributed by atoms with Crippen LogP contribution in [0.3, 0.4) is 0 Å². The van der Waals surface area contributed by atoms with Crippen LogP contribution in [0, 0.1) is 11.6 Å². The third-order valence-electron chi connectivity index (χ3n) is 3.15. The van der Waals surface area contributed by atoms with Crippen LogP contribution >= 0.6 is 11.8 Å². The van der Waals surface area contributed by atoms with Gasteiger partial charge in [0.15, 0.2) is 5.78 Å². The van der Waals surface area contributed by atoms with Crippen molar-refractivity contribution in [1.29, 1.82) is 0 Å². The highest BCUT2D eigenvalue weighted by Crippen LogP contribution is 2.24. The van der Waals surface area contributed by atoms with E-state index in [0.717, 1.165) is 35.5 Å². The fraction of sp³-hybridized carbons (Fsp3) is 0.235. The largest absolute Gasteiger partial charge is 0.293 e. The molecule has 0 saturated heterocycles. The van der Waals surface area contributed by atoms with E-state index in [1.165, 1.54) is 0 Å². The van der Waals surface area contributed by atoms with Crippen LogP contribution in [-0.2, 0) is 0 Å². The second-order valence-corrected chi connectivity index (χ2v) is 6.08. The minimum absolute atomic E-state index is 0.0847. The number of halogens is 2. The lowest BCUT2D eigenvalue weighted by molar-refractivity contribution is 0.102. The molecule has 4 heteroatoms. The van der Waals surface area contributed by atoms with Crippen molar-refractivity contribution in [2.75, 3.05) is 5.75 Å². The van der Waals surface area contributed by atoms with Gasteiger partial charge in [-0.2, -0.15) is 0 Å². The molecule has 0 aliphatic rings. The smallest absolute Gasteiger partial charge is 0.173 e. The van der Waals surface area contributed by atoms with Crippen LogP contribution < -0.4 is 0 Å². The predicted molar refractivity (Wildman–Crippen MR) is 81.9 cm³/mol. The molecule has 0 spiro atoms. The summed E-state index contributed by atoms with van der Waals surface area (Å²) in [6.45, 7) is 4.17. The van der Waals surface area contributed by atoms with Crippen LogP contribution in [0.25, 0.3) is 0 Å². The Hall–Kier alpha value is -1.68. The van der Waals surface area contributed by atoms with Crippen LogP contribution in [0.4, 0.5) is 8.78 Å². The van der Waals surface area contributed by atoms with E-state index in [2.05, 4.69) is 13.8 Å². The van der Waals surface area contributed by atoms with Gasteiger partial charge in [0.05, 0.1) is 5.75 Å². The zero-order valence-electron chi connectivity index (χ0n) is 11.9. The Morgan fingerprint density at radius 2 is 1.76 bits per heavy atom. The second-order valence-electron chi connectivity index (χ2n) is 5.06. The molecule has 0 amide bonds. The molecule has 0 atom stereocenters. The third-order valence-corrected chi connectivity index (χ3v) is 4.18. The quantitative estimate of drug-likeness (QED) is 0.567. The molecular formula is C17H16F2OS. The molecule has 0 aliphatic heterocycles. The highest BCUT2D eigenvalue weighted by Gasteiger charge is 2.10. The van der Waals surface area contributed by atoms with Crippen molar-refractivity contribution in [3.63, 3.8) is 0 Å². The molecule has 0 saturated carbocycles. The van der Waals surface area contributed by atoms with Gasteiger partial charge in [0.25, 0.3) is 0 Å².